The summed E-state index contributed by atoms with van der Waals surface area (Å²) in [5, 5.41) is 3.92. The second-order valence-electron chi connectivity index (χ2n) is 4.31. The molecule has 1 aromatic rings. The van der Waals surface area contributed by atoms with Crippen molar-refractivity contribution in [2.75, 3.05) is 10.6 Å². The molecule has 2 unspecified atom stereocenters. The summed E-state index contributed by atoms with van der Waals surface area (Å²) < 4.78 is 0. The van der Waals surface area contributed by atoms with Crippen LogP contribution in [0.5, 0.6) is 0 Å². The van der Waals surface area contributed by atoms with E-state index in [9.17, 15) is 4.79 Å². The van der Waals surface area contributed by atoms with E-state index in [4.69, 9.17) is 0 Å². The van der Waals surface area contributed by atoms with E-state index in [0.29, 0.717) is 5.92 Å². The molecule has 1 aromatic carbocycles. The van der Waals surface area contributed by atoms with Gasteiger partial charge in [-0.05, 0) is 30.9 Å². The number of alkyl halides is 1. The van der Waals surface area contributed by atoms with Crippen molar-refractivity contribution in [3.8, 4) is 0 Å². The lowest BCUT2D eigenvalue weighted by atomic mass is 9.97. The van der Waals surface area contributed by atoms with Crippen LogP contribution < -0.4 is 5.32 Å². The number of carbonyl (C=O) groups is 1. The van der Waals surface area contributed by atoms with Crippen LogP contribution in [-0.4, -0.2) is 11.2 Å². The molecule has 0 saturated heterocycles. The van der Waals surface area contributed by atoms with Crippen molar-refractivity contribution in [1.29, 1.82) is 0 Å². The highest BCUT2D eigenvalue weighted by molar-refractivity contribution is 9.09. The maximum atomic E-state index is 12.1. The van der Waals surface area contributed by atoms with Gasteiger partial charge in [0, 0.05) is 16.9 Å². The molecule has 0 bridgehead atoms. The van der Waals surface area contributed by atoms with Gasteiger partial charge in [-0.25, -0.2) is 0 Å². The fourth-order valence-electron chi connectivity index (χ4n) is 2.32. The Morgan fingerprint density at radius 3 is 2.75 bits per heavy atom. The van der Waals surface area contributed by atoms with Crippen LogP contribution in [0, 0.1) is 11.8 Å². The van der Waals surface area contributed by atoms with Gasteiger partial charge in [0.25, 0.3) is 0 Å². The Kier molecular flexibility index (Phi) is 3.99. The van der Waals surface area contributed by atoms with Crippen molar-refractivity contribution in [3.05, 3.63) is 30.3 Å². The summed E-state index contributed by atoms with van der Waals surface area (Å²) in [4.78, 5) is 12.1. The average Bonchev–Trinajstić information content (AvgIpc) is 2.78. The van der Waals surface area contributed by atoms with E-state index >= 15 is 0 Å². The molecule has 2 rings (SSSR count). The van der Waals surface area contributed by atoms with E-state index < -0.39 is 0 Å². The van der Waals surface area contributed by atoms with Gasteiger partial charge in [-0.2, -0.15) is 0 Å². The third kappa shape index (κ3) is 2.64. The van der Waals surface area contributed by atoms with Crippen LogP contribution in [0.4, 0.5) is 5.69 Å². The monoisotopic (exact) mass is 281 g/mol. The van der Waals surface area contributed by atoms with Crippen LogP contribution in [0.25, 0.3) is 0 Å². The van der Waals surface area contributed by atoms with Gasteiger partial charge in [0.15, 0.2) is 0 Å². The highest BCUT2D eigenvalue weighted by atomic mass is 79.9. The van der Waals surface area contributed by atoms with Crippen LogP contribution in [0.1, 0.15) is 19.3 Å². The molecule has 2 nitrogen and oxygen atoms in total. The second kappa shape index (κ2) is 5.48. The van der Waals surface area contributed by atoms with Gasteiger partial charge in [-0.15, -0.1) is 0 Å². The Labute approximate surface area is 105 Å². The average molecular weight is 282 g/mol. The third-order valence-electron chi connectivity index (χ3n) is 3.24. The summed E-state index contributed by atoms with van der Waals surface area (Å²) in [6, 6.07) is 9.68. The summed E-state index contributed by atoms with van der Waals surface area (Å²) in [7, 11) is 0. The third-order valence-corrected chi connectivity index (χ3v) is 4.07. The molecule has 1 N–H and O–H groups in total. The maximum Gasteiger partial charge on any atom is 0.227 e. The van der Waals surface area contributed by atoms with Gasteiger partial charge in [-0.1, -0.05) is 40.5 Å². The molecule has 0 heterocycles. The fraction of sp³-hybridized carbons (Fsp3) is 0.462. The molecule has 1 saturated carbocycles. The Morgan fingerprint density at radius 2 is 2.06 bits per heavy atom. The van der Waals surface area contributed by atoms with E-state index in [1.54, 1.807) is 0 Å². The Balaban J connectivity index is 1.98. The molecule has 16 heavy (non-hydrogen) atoms. The maximum absolute atomic E-state index is 12.1. The summed E-state index contributed by atoms with van der Waals surface area (Å²) in [5.41, 5.74) is 0.896. The molecule has 1 amide bonds. The number of nitrogens with one attached hydrogen (secondary N) is 1. The van der Waals surface area contributed by atoms with Gasteiger partial charge >= 0.3 is 0 Å². The second-order valence-corrected chi connectivity index (χ2v) is 4.95. The lowest BCUT2D eigenvalue weighted by Gasteiger charge is -2.16. The first-order chi connectivity index (χ1) is 7.81. The molecule has 1 aliphatic carbocycles. The zero-order chi connectivity index (χ0) is 11.4. The van der Waals surface area contributed by atoms with Crippen molar-refractivity contribution >= 4 is 27.5 Å². The van der Waals surface area contributed by atoms with Gasteiger partial charge < -0.3 is 5.32 Å². The predicted molar refractivity (Wildman–Crippen MR) is 69.7 cm³/mol. The summed E-state index contributed by atoms with van der Waals surface area (Å²) in [6.07, 6.45) is 3.36. The first-order valence-corrected chi connectivity index (χ1v) is 6.85. The van der Waals surface area contributed by atoms with Crippen LogP contribution in [-0.2, 0) is 4.79 Å². The quantitative estimate of drug-likeness (QED) is 0.845. The summed E-state index contributed by atoms with van der Waals surface area (Å²) >= 11 is 3.49. The van der Waals surface area contributed by atoms with Crippen LogP contribution in [0.15, 0.2) is 30.3 Å². The number of hydrogen-bond donors (Lipinski definition) is 1. The molecule has 2 atom stereocenters. The first kappa shape index (κ1) is 11.6. The molecule has 0 aromatic heterocycles. The molecular weight excluding hydrogens is 266 g/mol. The smallest absolute Gasteiger partial charge is 0.227 e. The molecule has 0 radical (unpaired) electrons. The van der Waals surface area contributed by atoms with E-state index in [2.05, 4.69) is 21.2 Å². The van der Waals surface area contributed by atoms with Gasteiger partial charge in [0.1, 0.15) is 0 Å². The molecule has 0 aliphatic heterocycles. The number of carbonyl (C=O) groups excluding carboxylic acids is 1. The molecule has 0 spiro atoms. The number of benzene rings is 1. The summed E-state index contributed by atoms with van der Waals surface area (Å²) in [5.74, 6) is 0.858. The lowest BCUT2D eigenvalue weighted by molar-refractivity contribution is -0.120. The predicted octanol–water partition coefficient (Wildman–Crippen LogP) is 3.44. The van der Waals surface area contributed by atoms with Crippen molar-refractivity contribution < 1.29 is 4.79 Å². The zero-order valence-electron chi connectivity index (χ0n) is 9.16. The Morgan fingerprint density at radius 1 is 1.31 bits per heavy atom. The number of halogens is 1. The van der Waals surface area contributed by atoms with E-state index in [1.807, 2.05) is 30.3 Å². The van der Waals surface area contributed by atoms with Gasteiger partial charge in [0.2, 0.25) is 5.91 Å². The Hall–Kier alpha value is -0.830. The van der Waals surface area contributed by atoms with Crippen LogP contribution >= 0.6 is 15.9 Å². The van der Waals surface area contributed by atoms with Crippen LogP contribution in [0.2, 0.25) is 0 Å². The lowest BCUT2D eigenvalue weighted by Crippen LogP contribution is -2.26. The van der Waals surface area contributed by atoms with Crippen molar-refractivity contribution in [2.45, 2.75) is 19.3 Å². The highest BCUT2D eigenvalue weighted by Gasteiger charge is 2.31. The standard InChI is InChI=1S/C13H16BrNO/c14-9-10-5-4-8-12(10)13(16)15-11-6-2-1-3-7-11/h1-3,6-7,10,12H,4-5,8-9H2,(H,15,16). The van der Waals surface area contributed by atoms with E-state index in [-0.39, 0.29) is 11.8 Å². The van der Waals surface area contributed by atoms with Gasteiger partial charge in [0.05, 0.1) is 0 Å². The van der Waals surface area contributed by atoms with Gasteiger partial charge in [-0.3, -0.25) is 4.79 Å². The van der Waals surface area contributed by atoms with Crippen molar-refractivity contribution in [1.82, 2.24) is 0 Å². The van der Waals surface area contributed by atoms with Crippen molar-refractivity contribution in [3.63, 3.8) is 0 Å². The van der Waals surface area contributed by atoms with Crippen molar-refractivity contribution in [2.24, 2.45) is 11.8 Å². The minimum Gasteiger partial charge on any atom is -0.326 e. The first-order valence-electron chi connectivity index (χ1n) is 5.73. The molecule has 1 aliphatic rings. The topological polar surface area (TPSA) is 29.1 Å². The minimum absolute atomic E-state index is 0.174. The molecule has 86 valence electrons. The normalized spacial score (nSPS) is 24.3. The van der Waals surface area contributed by atoms with Crippen LogP contribution in [0.3, 0.4) is 0 Å². The highest BCUT2D eigenvalue weighted by Crippen LogP contribution is 2.33. The van der Waals surface area contributed by atoms with E-state index in [1.165, 1.54) is 6.42 Å². The Bertz CT molecular complexity index is 352. The number of para-hydroxylation sites is 1. The number of amides is 1. The number of hydrogen-bond acceptors (Lipinski definition) is 1. The molecule has 1 fully saturated rings. The van der Waals surface area contributed by atoms with E-state index in [0.717, 1.165) is 23.9 Å². The fourth-order valence-corrected chi connectivity index (χ4v) is 3.10. The zero-order valence-corrected chi connectivity index (χ0v) is 10.7. The SMILES string of the molecule is O=C(Nc1ccccc1)C1CCCC1CBr. The minimum atomic E-state index is 0.174. The summed E-state index contributed by atoms with van der Waals surface area (Å²) in [6.45, 7) is 0. The molecular formula is C13H16BrNO. The number of rotatable bonds is 3. The number of anilines is 1. The molecule has 3 heteroatoms. The largest absolute Gasteiger partial charge is 0.326 e.